The van der Waals surface area contributed by atoms with Crippen molar-refractivity contribution in [1.82, 2.24) is 0 Å². The second kappa shape index (κ2) is 4.66. The Kier molecular flexibility index (Phi) is 4.60. The first-order chi connectivity index (χ1) is 4.56. The molecule has 0 aromatic rings. The Balaban J connectivity index is 3.04. The van der Waals surface area contributed by atoms with Gasteiger partial charge in [0.15, 0.2) is 5.79 Å². The maximum Gasteiger partial charge on any atom is 0.159 e. The van der Waals surface area contributed by atoms with E-state index >= 15 is 0 Å². The third-order valence-electron chi connectivity index (χ3n) is 1.35. The molecule has 0 aliphatic heterocycles. The molecule has 0 heterocycles. The molecule has 0 radical (unpaired) electrons. The number of hydrogen-bond donors (Lipinski definition) is 3. The van der Waals surface area contributed by atoms with Crippen molar-refractivity contribution < 1.29 is 10.2 Å². The van der Waals surface area contributed by atoms with Crippen molar-refractivity contribution in [2.45, 2.75) is 38.4 Å². The summed E-state index contributed by atoms with van der Waals surface area (Å²) in [6.07, 6.45) is 3.22. The smallest absolute Gasteiger partial charge is 0.159 e. The van der Waals surface area contributed by atoms with Crippen LogP contribution in [-0.4, -0.2) is 22.5 Å². The molecule has 3 heteroatoms. The van der Waals surface area contributed by atoms with E-state index in [9.17, 15) is 0 Å². The van der Waals surface area contributed by atoms with Crippen molar-refractivity contribution in [1.29, 1.82) is 0 Å². The molecule has 0 saturated heterocycles. The van der Waals surface area contributed by atoms with Gasteiger partial charge >= 0.3 is 0 Å². The van der Waals surface area contributed by atoms with Gasteiger partial charge < -0.3 is 15.9 Å². The van der Waals surface area contributed by atoms with Crippen molar-refractivity contribution in [2.75, 3.05) is 6.54 Å². The molecule has 0 bridgehead atoms. The maximum absolute atomic E-state index is 8.84. The Hall–Kier alpha value is -0.120. The van der Waals surface area contributed by atoms with Gasteiger partial charge in [-0.1, -0.05) is 6.42 Å². The number of unbranched alkanes of at least 4 members (excludes halogenated alkanes) is 2. The first kappa shape index (κ1) is 9.88. The van der Waals surface area contributed by atoms with Crippen LogP contribution in [0.25, 0.3) is 0 Å². The highest BCUT2D eigenvalue weighted by Gasteiger charge is 2.12. The summed E-state index contributed by atoms with van der Waals surface area (Å²) in [5.41, 5.74) is 5.25. The summed E-state index contributed by atoms with van der Waals surface area (Å²) in [4.78, 5) is 0. The molecule has 0 atom stereocenters. The molecule has 0 aliphatic rings. The Bertz CT molecular complexity index is 78.2. The maximum atomic E-state index is 8.84. The van der Waals surface area contributed by atoms with E-state index in [4.69, 9.17) is 15.9 Å². The fraction of sp³-hybridized carbons (Fsp3) is 1.00. The standard InChI is InChI=1S/C7H17NO2/c1-7(9,10)5-3-2-4-6-8/h9-10H,2-6,8H2,1H3. The van der Waals surface area contributed by atoms with Crippen molar-refractivity contribution in [3.63, 3.8) is 0 Å². The fourth-order valence-electron chi connectivity index (χ4n) is 0.781. The molecule has 0 aromatic heterocycles. The van der Waals surface area contributed by atoms with Gasteiger partial charge in [-0.15, -0.1) is 0 Å². The lowest BCUT2D eigenvalue weighted by Crippen LogP contribution is -2.22. The lowest BCUT2D eigenvalue weighted by atomic mass is 10.1. The Morgan fingerprint density at radius 3 is 2.20 bits per heavy atom. The number of nitrogens with two attached hydrogens (primary N) is 1. The average Bonchev–Trinajstić information content (AvgIpc) is 1.78. The number of hydrogen-bond acceptors (Lipinski definition) is 3. The molecular formula is C7H17NO2. The summed E-state index contributed by atoms with van der Waals surface area (Å²) in [5, 5.41) is 17.7. The van der Waals surface area contributed by atoms with Gasteiger partial charge in [-0.3, -0.25) is 0 Å². The van der Waals surface area contributed by atoms with Crippen LogP contribution in [0.15, 0.2) is 0 Å². The zero-order chi connectivity index (χ0) is 8.04. The predicted octanol–water partition coefficient (Wildman–Crippen LogP) is 0.206. The van der Waals surface area contributed by atoms with Crippen LogP contribution in [0.5, 0.6) is 0 Å². The molecule has 62 valence electrons. The van der Waals surface area contributed by atoms with E-state index in [-0.39, 0.29) is 0 Å². The highest BCUT2D eigenvalue weighted by Crippen LogP contribution is 2.09. The van der Waals surface area contributed by atoms with E-state index in [1.54, 1.807) is 0 Å². The summed E-state index contributed by atoms with van der Waals surface area (Å²) >= 11 is 0. The summed E-state index contributed by atoms with van der Waals surface area (Å²) in [6, 6.07) is 0. The van der Waals surface area contributed by atoms with Crippen LogP contribution in [0.4, 0.5) is 0 Å². The fourth-order valence-corrected chi connectivity index (χ4v) is 0.781. The van der Waals surface area contributed by atoms with Crippen LogP contribution < -0.4 is 5.73 Å². The molecule has 0 saturated carbocycles. The highest BCUT2D eigenvalue weighted by molar-refractivity contribution is 4.55. The molecule has 0 aromatic carbocycles. The van der Waals surface area contributed by atoms with Crippen LogP contribution in [0.3, 0.4) is 0 Å². The highest BCUT2D eigenvalue weighted by atomic mass is 16.5. The molecule has 0 unspecified atom stereocenters. The van der Waals surface area contributed by atoms with E-state index in [0.29, 0.717) is 13.0 Å². The minimum atomic E-state index is -1.49. The van der Waals surface area contributed by atoms with Crippen LogP contribution in [0.1, 0.15) is 32.6 Å². The van der Waals surface area contributed by atoms with Crippen molar-refractivity contribution in [2.24, 2.45) is 5.73 Å². The summed E-state index contributed by atoms with van der Waals surface area (Å²) in [7, 11) is 0. The van der Waals surface area contributed by atoms with Crippen molar-refractivity contribution in [3.05, 3.63) is 0 Å². The third-order valence-corrected chi connectivity index (χ3v) is 1.35. The lowest BCUT2D eigenvalue weighted by molar-refractivity contribution is -0.150. The second-order valence-electron chi connectivity index (χ2n) is 2.82. The Morgan fingerprint density at radius 1 is 1.20 bits per heavy atom. The van der Waals surface area contributed by atoms with Gasteiger partial charge in [0, 0.05) is 6.42 Å². The largest absolute Gasteiger partial charge is 0.366 e. The minimum absolute atomic E-state index is 0.438. The van der Waals surface area contributed by atoms with Gasteiger partial charge in [0.2, 0.25) is 0 Å². The number of aliphatic hydroxyl groups is 2. The molecule has 0 aliphatic carbocycles. The van der Waals surface area contributed by atoms with Gasteiger partial charge in [-0.2, -0.15) is 0 Å². The summed E-state index contributed by atoms with van der Waals surface area (Å²) < 4.78 is 0. The topological polar surface area (TPSA) is 66.5 Å². The van der Waals surface area contributed by atoms with E-state index in [2.05, 4.69) is 0 Å². The molecule has 0 amide bonds. The Morgan fingerprint density at radius 2 is 1.80 bits per heavy atom. The van der Waals surface area contributed by atoms with Crippen LogP contribution in [0.2, 0.25) is 0 Å². The Labute approximate surface area is 61.9 Å². The van der Waals surface area contributed by atoms with Gasteiger partial charge in [-0.05, 0) is 26.3 Å². The summed E-state index contributed by atoms with van der Waals surface area (Å²) in [6.45, 7) is 2.09. The van der Waals surface area contributed by atoms with Gasteiger partial charge in [0.25, 0.3) is 0 Å². The zero-order valence-corrected chi connectivity index (χ0v) is 6.51. The minimum Gasteiger partial charge on any atom is -0.366 e. The molecular weight excluding hydrogens is 130 g/mol. The van der Waals surface area contributed by atoms with Crippen molar-refractivity contribution >= 4 is 0 Å². The third kappa shape index (κ3) is 7.88. The van der Waals surface area contributed by atoms with Crippen LogP contribution in [-0.2, 0) is 0 Å². The van der Waals surface area contributed by atoms with Gasteiger partial charge in [0.05, 0.1) is 0 Å². The molecule has 4 N–H and O–H groups in total. The average molecular weight is 147 g/mol. The quantitative estimate of drug-likeness (QED) is 0.384. The van der Waals surface area contributed by atoms with Crippen molar-refractivity contribution in [3.8, 4) is 0 Å². The normalized spacial score (nSPS) is 12.0. The van der Waals surface area contributed by atoms with Crippen LogP contribution in [0, 0.1) is 0 Å². The van der Waals surface area contributed by atoms with E-state index in [1.165, 1.54) is 6.92 Å². The zero-order valence-electron chi connectivity index (χ0n) is 6.51. The van der Waals surface area contributed by atoms with E-state index in [0.717, 1.165) is 19.3 Å². The first-order valence-electron chi connectivity index (χ1n) is 3.71. The second-order valence-corrected chi connectivity index (χ2v) is 2.82. The van der Waals surface area contributed by atoms with E-state index in [1.807, 2.05) is 0 Å². The summed E-state index contributed by atoms with van der Waals surface area (Å²) in [5.74, 6) is -1.49. The monoisotopic (exact) mass is 147 g/mol. The molecule has 10 heavy (non-hydrogen) atoms. The lowest BCUT2D eigenvalue weighted by Gasteiger charge is -2.14. The predicted molar refractivity (Wildman–Crippen MR) is 40.4 cm³/mol. The van der Waals surface area contributed by atoms with Crippen LogP contribution >= 0.6 is 0 Å². The molecule has 0 fully saturated rings. The van der Waals surface area contributed by atoms with Gasteiger partial charge in [0.1, 0.15) is 0 Å². The molecule has 0 rings (SSSR count). The van der Waals surface area contributed by atoms with E-state index < -0.39 is 5.79 Å². The molecule has 0 spiro atoms. The first-order valence-corrected chi connectivity index (χ1v) is 3.71. The SMILES string of the molecule is CC(O)(O)CCCCCN. The number of rotatable bonds is 5. The molecule has 3 nitrogen and oxygen atoms in total. The van der Waals surface area contributed by atoms with Gasteiger partial charge in [-0.25, -0.2) is 0 Å².